The van der Waals surface area contributed by atoms with Crippen LogP contribution in [-0.2, 0) is 4.79 Å². The molecule has 0 radical (unpaired) electrons. The lowest BCUT2D eigenvalue weighted by Gasteiger charge is -2.05. The molecule has 0 bridgehead atoms. The predicted molar refractivity (Wildman–Crippen MR) is 61.1 cm³/mol. The van der Waals surface area contributed by atoms with Gasteiger partial charge in [-0.1, -0.05) is 6.07 Å². The van der Waals surface area contributed by atoms with Crippen molar-refractivity contribution in [3.8, 4) is 0 Å². The van der Waals surface area contributed by atoms with E-state index in [1.165, 1.54) is 25.3 Å². The maximum atomic E-state index is 13.4. The zero-order valence-corrected chi connectivity index (χ0v) is 9.03. The van der Waals surface area contributed by atoms with Crippen molar-refractivity contribution in [2.24, 2.45) is 0 Å². The molecule has 5 nitrogen and oxygen atoms in total. The second-order valence-electron chi connectivity index (χ2n) is 3.11. The van der Waals surface area contributed by atoms with Crippen molar-refractivity contribution in [1.29, 1.82) is 0 Å². The third-order valence-corrected chi connectivity index (χ3v) is 1.89. The number of halogens is 1. The molecule has 1 aromatic rings. The first-order valence-electron chi connectivity index (χ1n) is 4.72. The number of carboxylic acids is 1. The smallest absolute Gasteiger partial charge is 0.328 e. The Morgan fingerprint density at radius 1 is 1.41 bits per heavy atom. The average Bonchev–Trinajstić information content (AvgIpc) is 2.29. The molecular formula is C11H11FN2O3. The van der Waals surface area contributed by atoms with E-state index in [1.807, 2.05) is 0 Å². The number of anilines is 1. The minimum absolute atomic E-state index is 0.0248. The molecule has 0 aliphatic heterocycles. The summed E-state index contributed by atoms with van der Waals surface area (Å²) in [4.78, 5) is 21.2. The van der Waals surface area contributed by atoms with Crippen LogP contribution < -0.4 is 10.6 Å². The number of hydrogen-bond acceptors (Lipinski definition) is 2. The molecule has 2 amide bonds. The number of nitrogens with one attached hydrogen (secondary N) is 2. The number of carbonyl (C=O) groups excluding carboxylic acids is 1. The first-order chi connectivity index (χ1) is 8.02. The highest BCUT2D eigenvalue weighted by Crippen LogP contribution is 2.16. The molecule has 6 heteroatoms. The van der Waals surface area contributed by atoms with E-state index >= 15 is 0 Å². The van der Waals surface area contributed by atoms with E-state index in [9.17, 15) is 14.0 Å². The van der Waals surface area contributed by atoms with Gasteiger partial charge in [0.1, 0.15) is 5.82 Å². The Hall–Kier alpha value is -2.37. The van der Waals surface area contributed by atoms with Crippen molar-refractivity contribution in [1.82, 2.24) is 5.32 Å². The van der Waals surface area contributed by atoms with Gasteiger partial charge in [0.25, 0.3) is 0 Å². The van der Waals surface area contributed by atoms with Gasteiger partial charge in [0.05, 0.1) is 5.69 Å². The van der Waals surface area contributed by atoms with Crippen molar-refractivity contribution in [3.63, 3.8) is 0 Å². The standard InChI is InChI=1S/C11H11FN2O3/c1-13-11(17)14-9-4-2-7(6-8(9)12)3-5-10(15)16/h2-6H,1H3,(H,15,16)(H2,13,14,17)/b5-3+. The van der Waals surface area contributed by atoms with Crippen LogP contribution in [-0.4, -0.2) is 24.2 Å². The molecule has 0 saturated carbocycles. The van der Waals surface area contributed by atoms with Gasteiger partial charge in [0.15, 0.2) is 0 Å². The van der Waals surface area contributed by atoms with E-state index < -0.39 is 17.8 Å². The molecule has 0 spiro atoms. The summed E-state index contributed by atoms with van der Waals surface area (Å²) in [5.74, 6) is -1.75. The summed E-state index contributed by atoms with van der Waals surface area (Å²) in [5.41, 5.74) is 0.421. The molecule has 0 atom stereocenters. The highest BCUT2D eigenvalue weighted by molar-refractivity contribution is 5.89. The summed E-state index contributed by atoms with van der Waals surface area (Å²) in [7, 11) is 1.41. The minimum atomic E-state index is -1.11. The summed E-state index contributed by atoms with van der Waals surface area (Å²) >= 11 is 0. The number of carboxylic acid groups (broad SMARTS) is 1. The third-order valence-electron chi connectivity index (χ3n) is 1.89. The largest absolute Gasteiger partial charge is 0.478 e. The van der Waals surface area contributed by atoms with Gasteiger partial charge in [-0.05, 0) is 23.8 Å². The van der Waals surface area contributed by atoms with Crippen molar-refractivity contribution in [2.45, 2.75) is 0 Å². The van der Waals surface area contributed by atoms with Gasteiger partial charge in [0, 0.05) is 13.1 Å². The SMILES string of the molecule is CNC(=O)Nc1ccc(/C=C/C(=O)O)cc1F. The Morgan fingerprint density at radius 3 is 2.65 bits per heavy atom. The van der Waals surface area contributed by atoms with Crippen LogP contribution >= 0.6 is 0 Å². The van der Waals surface area contributed by atoms with E-state index in [-0.39, 0.29) is 5.69 Å². The molecule has 0 unspecified atom stereocenters. The van der Waals surface area contributed by atoms with Crippen LogP contribution in [0.3, 0.4) is 0 Å². The zero-order valence-electron chi connectivity index (χ0n) is 9.03. The third kappa shape index (κ3) is 3.94. The number of amides is 2. The molecule has 0 aromatic heterocycles. The molecule has 0 fully saturated rings. The molecule has 0 saturated heterocycles. The van der Waals surface area contributed by atoms with Crippen molar-refractivity contribution in [3.05, 3.63) is 35.7 Å². The number of benzene rings is 1. The number of carbonyl (C=O) groups is 2. The Morgan fingerprint density at radius 2 is 2.12 bits per heavy atom. The number of urea groups is 1. The van der Waals surface area contributed by atoms with E-state index in [0.717, 1.165) is 12.1 Å². The van der Waals surface area contributed by atoms with Gasteiger partial charge >= 0.3 is 12.0 Å². The Labute approximate surface area is 96.9 Å². The first-order valence-corrected chi connectivity index (χ1v) is 4.72. The van der Waals surface area contributed by atoms with Crippen molar-refractivity contribution < 1.29 is 19.1 Å². The molecular weight excluding hydrogens is 227 g/mol. The second-order valence-corrected chi connectivity index (χ2v) is 3.11. The molecule has 0 heterocycles. The fourth-order valence-corrected chi connectivity index (χ4v) is 1.09. The quantitative estimate of drug-likeness (QED) is 0.701. The second kappa shape index (κ2) is 5.64. The van der Waals surface area contributed by atoms with Crippen LogP contribution in [0.1, 0.15) is 5.56 Å². The van der Waals surface area contributed by atoms with Gasteiger partial charge < -0.3 is 15.7 Å². The summed E-state index contributed by atoms with van der Waals surface area (Å²) < 4.78 is 13.4. The minimum Gasteiger partial charge on any atom is -0.478 e. The maximum absolute atomic E-state index is 13.4. The molecule has 1 aromatic carbocycles. The van der Waals surface area contributed by atoms with Gasteiger partial charge in [0.2, 0.25) is 0 Å². The van der Waals surface area contributed by atoms with Gasteiger partial charge in [-0.3, -0.25) is 0 Å². The molecule has 17 heavy (non-hydrogen) atoms. The monoisotopic (exact) mass is 238 g/mol. The van der Waals surface area contributed by atoms with E-state index in [1.54, 1.807) is 0 Å². The summed E-state index contributed by atoms with van der Waals surface area (Å²) in [6, 6.07) is 3.45. The van der Waals surface area contributed by atoms with Crippen LogP contribution in [0.4, 0.5) is 14.9 Å². The fraction of sp³-hybridized carbons (Fsp3) is 0.0909. The van der Waals surface area contributed by atoms with Crippen LogP contribution in [0.25, 0.3) is 6.08 Å². The lowest BCUT2D eigenvalue weighted by molar-refractivity contribution is -0.131. The van der Waals surface area contributed by atoms with E-state index in [4.69, 9.17) is 5.11 Å². The lowest BCUT2D eigenvalue weighted by atomic mass is 10.2. The number of aliphatic carboxylic acids is 1. The summed E-state index contributed by atoms with van der Waals surface area (Å²) in [6.45, 7) is 0. The van der Waals surface area contributed by atoms with Crippen LogP contribution in [0, 0.1) is 5.82 Å². The predicted octanol–water partition coefficient (Wildman–Crippen LogP) is 1.67. The average molecular weight is 238 g/mol. The van der Waals surface area contributed by atoms with Gasteiger partial charge in [-0.2, -0.15) is 0 Å². The van der Waals surface area contributed by atoms with Gasteiger partial charge in [-0.15, -0.1) is 0 Å². The Kier molecular flexibility index (Phi) is 4.21. The Bertz CT molecular complexity index is 472. The summed E-state index contributed by atoms with van der Waals surface area (Å²) in [6.07, 6.45) is 2.16. The first kappa shape index (κ1) is 12.7. The van der Waals surface area contributed by atoms with Crippen LogP contribution in [0.5, 0.6) is 0 Å². The van der Waals surface area contributed by atoms with Crippen molar-refractivity contribution in [2.75, 3.05) is 12.4 Å². The van der Waals surface area contributed by atoms with Crippen molar-refractivity contribution >= 4 is 23.8 Å². The molecule has 90 valence electrons. The molecule has 3 N–H and O–H groups in total. The van der Waals surface area contributed by atoms with E-state index in [0.29, 0.717) is 5.56 Å². The molecule has 0 aliphatic carbocycles. The Balaban J connectivity index is 2.86. The number of hydrogen-bond donors (Lipinski definition) is 3. The topological polar surface area (TPSA) is 78.4 Å². The normalized spacial score (nSPS) is 10.2. The molecule has 1 rings (SSSR count). The number of rotatable bonds is 3. The highest BCUT2D eigenvalue weighted by Gasteiger charge is 2.05. The van der Waals surface area contributed by atoms with E-state index in [2.05, 4.69) is 10.6 Å². The van der Waals surface area contributed by atoms with Gasteiger partial charge in [-0.25, -0.2) is 14.0 Å². The zero-order chi connectivity index (χ0) is 12.8. The lowest BCUT2D eigenvalue weighted by Crippen LogP contribution is -2.24. The maximum Gasteiger partial charge on any atom is 0.328 e. The summed E-state index contributed by atoms with van der Waals surface area (Å²) in [5, 5.41) is 13.0. The highest BCUT2D eigenvalue weighted by atomic mass is 19.1. The van der Waals surface area contributed by atoms with Crippen LogP contribution in [0.2, 0.25) is 0 Å². The fourth-order valence-electron chi connectivity index (χ4n) is 1.09. The molecule has 0 aliphatic rings. The van der Waals surface area contributed by atoms with Crippen LogP contribution in [0.15, 0.2) is 24.3 Å².